The first kappa shape index (κ1) is 16.1. The van der Waals surface area contributed by atoms with Crippen molar-refractivity contribution >= 4 is 5.91 Å². The van der Waals surface area contributed by atoms with Crippen LogP contribution in [0.5, 0.6) is 0 Å². The average molecular weight is 292 g/mol. The maximum absolute atomic E-state index is 12.2. The van der Waals surface area contributed by atoms with E-state index in [1.54, 1.807) is 6.26 Å². The number of furan rings is 1. The number of carbonyl (C=O) groups is 1. The summed E-state index contributed by atoms with van der Waals surface area (Å²) < 4.78 is 5.46. The molecule has 0 spiro atoms. The Morgan fingerprint density at radius 1 is 1.48 bits per heavy atom. The summed E-state index contributed by atoms with van der Waals surface area (Å²) in [5.41, 5.74) is 6.82. The van der Waals surface area contributed by atoms with Crippen LogP contribution in [-0.4, -0.2) is 12.5 Å². The van der Waals surface area contributed by atoms with Crippen molar-refractivity contribution in [2.75, 3.05) is 6.54 Å². The van der Waals surface area contributed by atoms with Crippen LogP contribution in [0.2, 0.25) is 0 Å². The van der Waals surface area contributed by atoms with Crippen molar-refractivity contribution in [2.45, 2.75) is 58.4 Å². The maximum Gasteiger partial charge on any atom is 0.220 e. The molecule has 1 aliphatic rings. The lowest BCUT2D eigenvalue weighted by molar-refractivity contribution is -0.122. The van der Waals surface area contributed by atoms with Crippen molar-refractivity contribution in [1.29, 1.82) is 0 Å². The molecular weight excluding hydrogens is 264 g/mol. The van der Waals surface area contributed by atoms with Gasteiger partial charge in [0.05, 0.1) is 12.3 Å². The van der Waals surface area contributed by atoms with Gasteiger partial charge in [0.15, 0.2) is 0 Å². The molecule has 2 rings (SSSR count). The van der Waals surface area contributed by atoms with Crippen LogP contribution in [0.15, 0.2) is 16.7 Å². The minimum atomic E-state index is 0.131. The number of nitrogens with two attached hydrogens (primary N) is 1. The Hall–Kier alpha value is -1.29. The summed E-state index contributed by atoms with van der Waals surface area (Å²) in [4.78, 5) is 12.2. The van der Waals surface area contributed by atoms with Gasteiger partial charge in [0.1, 0.15) is 5.76 Å². The second kappa shape index (κ2) is 7.64. The summed E-state index contributed by atoms with van der Waals surface area (Å²) in [6.07, 6.45) is 7.31. The summed E-state index contributed by atoms with van der Waals surface area (Å²) in [6, 6.07) is 2.12. The van der Waals surface area contributed by atoms with Crippen molar-refractivity contribution in [3.63, 3.8) is 0 Å². The zero-order valence-corrected chi connectivity index (χ0v) is 13.2. The molecule has 0 radical (unpaired) electrons. The number of nitrogens with one attached hydrogen (secondary N) is 1. The Bertz CT molecular complexity index is 453. The standard InChI is InChI=1S/C17H28N2O2/c1-12(2)13(8-10-18)6-7-17(20)19-15-4-3-5-16-14(15)9-11-21-16/h9,11-13,15H,3-8,10,18H2,1-2H3,(H,19,20). The van der Waals surface area contributed by atoms with Gasteiger partial charge in [-0.15, -0.1) is 0 Å². The smallest absolute Gasteiger partial charge is 0.220 e. The van der Waals surface area contributed by atoms with Crippen molar-refractivity contribution in [3.05, 3.63) is 23.7 Å². The monoisotopic (exact) mass is 292 g/mol. The second-order valence-corrected chi connectivity index (χ2v) is 6.43. The number of fused-ring (bicyclic) bond motifs is 1. The highest BCUT2D eigenvalue weighted by Gasteiger charge is 2.24. The fourth-order valence-corrected chi connectivity index (χ4v) is 3.24. The molecule has 1 aromatic rings. The summed E-state index contributed by atoms with van der Waals surface area (Å²) in [5.74, 6) is 2.31. The third-order valence-corrected chi connectivity index (χ3v) is 4.61. The lowest BCUT2D eigenvalue weighted by Crippen LogP contribution is -2.31. The Labute approximate surface area is 127 Å². The number of carbonyl (C=O) groups excluding carboxylic acids is 1. The van der Waals surface area contributed by atoms with Gasteiger partial charge in [-0.25, -0.2) is 0 Å². The maximum atomic E-state index is 12.2. The molecular formula is C17H28N2O2. The minimum absolute atomic E-state index is 0.131. The molecule has 21 heavy (non-hydrogen) atoms. The molecule has 0 fully saturated rings. The van der Waals surface area contributed by atoms with Crippen LogP contribution in [0.1, 0.15) is 63.3 Å². The van der Waals surface area contributed by atoms with E-state index in [9.17, 15) is 4.79 Å². The zero-order chi connectivity index (χ0) is 15.2. The van der Waals surface area contributed by atoms with Gasteiger partial charge in [0.25, 0.3) is 0 Å². The van der Waals surface area contributed by atoms with E-state index in [2.05, 4.69) is 19.2 Å². The summed E-state index contributed by atoms with van der Waals surface area (Å²) in [7, 11) is 0. The van der Waals surface area contributed by atoms with Crippen molar-refractivity contribution < 1.29 is 9.21 Å². The first-order valence-electron chi connectivity index (χ1n) is 8.17. The highest BCUT2D eigenvalue weighted by Crippen LogP contribution is 2.30. The number of rotatable bonds is 7. The Kier molecular flexibility index (Phi) is 5.85. The highest BCUT2D eigenvalue weighted by atomic mass is 16.3. The second-order valence-electron chi connectivity index (χ2n) is 6.43. The van der Waals surface area contributed by atoms with Crippen LogP contribution in [0.3, 0.4) is 0 Å². The molecule has 1 amide bonds. The minimum Gasteiger partial charge on any atom is -0.469 e. The van der Waals surface area contributed by atoms with E-state index < -0.39 is 0 Å². The molecule has 0 saturated carbocycles. The SMILES string of the molecule is CC(C)C(CCN)CCC(=O)NC1CCCc2occc21. The van der Waals surface area contributed by atoms with E-state index in [0.29, 0.717) is 24.8 Å². The molecule has 4 nitrogen and oxygen atoms in total. The van der Waals surface area contributed by atoms with Gasteiger partial charge in [-0.1, -0.05) is 13.8 Å². The number of hydrogen-bond acceptors (Lipinski definition) is 3. The van der Waals surface area contributed by atoms with Gasteiger partial charge in [-0.3, -0.25) is 4.79 Å². The molecule has 0 aliphatic heterocycles. The molecule has 4 heteroatoms. The molecule has 3 N–H and O–H groups in total. The average Bonchev–Trinajstić information content (AvgIpc) is 2.92. The van der Waals surface area contributed by atoms with Crippen LogP contribution >= 0.6 is 0 Å². The Morgan fingerprint density at radius 3 is 3.00 bits per heavy atom. The lowest BCUT2D eigenvalue weighted by Gasteiger charge is -2.24. The molecule has 0 bridgehead atoms. The molecule has 1 heterocycles. The summed E-state index contributed by atoms with van der Waals surface area (Å²) in [5, 5.41) is 3.17. The largest absolute Gasteiger partial charge is 0.469 e. The third kappa shape index (κ3) is 4.34. The first-order chi connectivity index (χ1) is 10.1. The van der Waals surface area contributed by atoms with Gasteiger partial charge in [-0.05, 0) is 50.1 Å². The first-order valence-corrected chi connectivity index (χ1v) is 8.17. The van der Waals surface area contributed by atoms with Crippen LogP contribution in [0, 0.1) is 11.8 Å². The molecule has 0 aromatic carbocycles. The quantitative estimate of drug-likeness (QED) is 0.811. The number of aryl methyl sites for hydroxylation is 1. The third-order valence-electron chi connectivity index (χ3n) is 4.61. The van der Waals surface area contributed by atoms with Crippen LogP contribution in [0.4, 0.5) is 0 Å². The summed E-state index contributed by atoms with van der Waals surface area (Å²) >= 11 is 0. The molecule has 0 saturated heterocycles. The van der Waals surface area contributed by atoms with Crippen molar-refractivity contribution in [3.8, 4) is 0 Å². The van der Waals surface area contributed by atoms with E-state index >= 15 is 0 Å². The van der Waals surface area contributed by atoms with Crippen molar-refractivity contribution in [1.82, 2.24) is 5.32 Å². The van der Waals surface area contributed by atoms with E-state index in [0.717, 1.165) is 43.4 Å². The Morgan fingerprint density at radius 2 is 2.29 bits per heavy atom. The molecule has 1 aromatic heterocycles. The Balaban J connectivity index is 1.83. The molecule has 1 aliphatic carbocycles. The molecule has 118 valence electrons. The number of hydrogen-bond donors (Lipinski definition) is 2. The van der Waals surface area contributed by atoms with Crippen LogP contribution in [0.25, 0.3) is 0 Å². The molecule has 2 unspecified atom stereocenters. The van der Waals surface area contributed by atoms with Crippen molar-refractivity contribution in [2.24, 2.45) is 17.6 Å². The predicted octanol–water partition coefficient (Wildman–Crippen LogP) is 3.17. The van der Waals surface area contributed by atoms with Gasteiger partial charge < -0.3 is 15.5 Å². The zero-order valence-electron chi connectivity index (χ0n) is 13.2. The van der Waals surface area contributed by atoms with E-state index in [4.69, 9.17) is 10.2 Å². The predicted molar refractivity (Wildman–Crippen MR) is 83.8 cm³/mol. The van der Waals surface area contributed by atoms with E-state index in [-0.39, 0.29) is 11.9 Å². The van der Waals surface area contributed by atoms with E-state index in [1.165, 1.54) is 0 Å². The fourth-order valence-electron chi connectivity index (χ4n) is 3.24. The normalized spacial score (nSPS) is 19.3. The van der Waals surface area contributed by atoms with Gasteiger partial charge >= 0.3 is 0 Å². The topological polar surface area (TPSA) is 68.3 Å². The highest BCUT2D eigenvalue weighted by molar-refractivity contribution is 5.76. The van der Waals surface area contributed by atoms with Crippen LogP contribution in [-0.2, 0) is 11.2 Å². The van der Waals surface area contributed by atoms with Gasteiger partial charge in [0, 0.05) is 18.4 Å². The van der Waals surface area contributed by atoms with Crippen LogP contribution < -0.4 is 11.1 Å². The van der Waals surface area contributed by atoms with Gasteiger partial charge in [0.2, 0.25) is 5.91 Å². The fraction of sp³-hybridized carbons (Fsp3) is 0.706. The number of amides is 1. The summed E-state index contributed by atoms with van der Waals surface area (Å²) in [6.45, 7) is 5.11. The van der Waals surface area contributed by atoms with Gasteiger partial charge in [-0.2, -0.15) is 0 Å². The lowest BCUT2D eigenvalue weighted by atomic mass is 9.88. The van der Waals surface area contributed by atoms with E-state index in [1.807, 2.05) is 6.07 Å². The molecule has 2 atom stereocenters.